The Balaban J connectivity index is 0.00000455. The Kier molecular flexibility index (Phi) is 10.2. The van der Waals surface area contributed by atoms with E-state index in [0.717, 1.165) is 22.3 Å². The number of hydrogen-bond acceptors (Lipinski definition) is 2. The SMILES string of the molecule is Cc1cc(C)c(-c2cc3[c-]c(c2)-c2c(ccc4ccccc24)N(C)Cc2[c-]c(cc(-c4c(C)cc(C)cc4C)c2)-c2c(ccc4ccccc24)N(C)C3)c(C)c1.[Pt+4]. The van der Waals surface area contributed by atoms with Crippen LogP contribution in [0.15, 0.2) is 121 Å². The van der Waals surface area contributed by atoms with Gasteiger partial charge in [0.05, 0.1) is 0 Å². The summed E-state index contributed by atoms with van der Waals surface area (Å²) in [4.78, 5) is 4.83. The van der Waals surface area contributed by atoms with E-state index >= 15 is 0 Å². The average Bonchev–Trinajstić information content (AvgIpc) is 3.15. The van der Waals surface area contributed by atoms with Crippen LogP contribution in [0.1, 0.15) is 44.5 Å². The fourth-order valence-electron chi connectivity index (χ4n) is 9.66. The first-order chi connectivity index (χ1) is 27.0. The van der Waals surface area contributed by atoms with Crippen LogP contribution in [0.4, 0.5) is 11.4 Å². The molecule has 9 rings (SSSR count). The Labute approximate surface area is 353 Å². The van der Waals surface area contributed by atoms with Gasteiger partial charge in [-0.05, 0) is 97.8 Å². The summed E-state index contributed by atoms with van der Waals surface area (Å²) in [7, 11) is 4.47. The molecule has 1 aliphatic rings. The van der Waals surface area contributed by atoms with Crippen molar-refractivity contribution in [3.8, 4) is 44.5 Å². The Morgan fingerprint density at radius 1 is 0.421 bits per heavy atom. The number of rotatable bonds is 2. The molecule has 4 bridgehead atoms. The second-order valence-corrected chi connectivity index (χ2v) is 16.2. The number of benzene rings is 8. The van der Waals surface area contributed by atoms with Gasteiger partial charge in [-0.1, -0.05) is 129 Å². The summed E-state index contributed by atoms with van der Waals surface area (Å²) in [5.41, 5.74) is 22.2. The van der Waals surface area contributed by atoms with E-state index in [1.54, 1.807) is 0 Å². The third-order valence-corrected chi connectivity index (χ3v) is 11.8. The molecule has 2 nitrogen and oxygen atoms in total. The Morgan fingerprint density at radius 2 is 0.789 bits per heavy atom. The summed E-state index contributed by atoms with van der Waals surface area (Å²) in [6.07, 6.45) is 0. The van der Waals surface area contributed by atoms with Crippen molar-refractivity contribution in [2.24, 2.45) is 0 Å². The predicted octanol–water partition coefficient (Wildman–Crippen LogP) is 13.7. The molecular weight excluding hydrogens is 872 g/mol. The maximum atomic E-state index is 4.00. The minimum atomic E-state index is 0. The Bertz CT molecular complexity index is 2620. The summed E-state index contributed by atoms with van der Waals surface area (Å²) >= 11 is 0. The second-order valence-electron chi connectivity index (χ2n) is 16.2. The largest absolute Gasteiger partial charge is 4.00 e. The summed E-state index contributed by atoms with van der Waals surface area (Å²) in [5, 5.41) is 4.91. The molecule has 0 spiro atoms. The van der Waals surface area contributed by atoms with Crippen LogP contribution in [0.2, 0.25) is 0 Å². The molecule has 0 aliphatic carbocycles. The monoisotopic (exact) mass is 919 g/mol. The van der Waals surface area contributed by atoms with Crippen molar-refractivity contribution in [3.05, 3.63) is 178 Å². The number of fused-ring (bicyclic) bond motifs is 12. The van der Waals surface area contributed by atoms with Crippen LogP contribution in [0.25, 0.3) is 66.1 Å². The summed E-state index contributed by atoms with van der Waals surface area (Å²) in [6.45, 7) is 14.8. The third kappa shape index (κ3) is 7.00. The first kappa shape index (κ1) is 38.4. The van der Waals surface area contributed by atoms with Gasteiger partial charge in [-0.2, -0.15) is 0 Å². The summed E-state index contributed by atoms with van der Waals surface area (Å²) in [6, 6.07) is 53.5. The maximum absolute atomic E-state index is 4.00. The van der Waals surface area contributed by atoms with E-state index in [1.807, 2.05) is 0 Å². The van der Waals surface area contributed by atoms with Crippen LogP contribution < -0.4 is 9.80 Å². The van der Waals surface area contributed by atoms with Gasteiger partial charge in [-0.25, -0.2) is 0 Å². The number of anilines is 2. The molecular formula is C54H48N2Pt+2. The number of nitrogens with zero attached hydrogens (tertiary/aromatic N) is 2. The summed E-state index contributed by atoms with van der Waals surface area (Å²) < 4.78 is 0. The quantitative estimate of drug-likeness (QED) is 0.159. The molecule has 0 radical (unpaired) electrons. The molecule has 8 aromatic carbocycles. The van der Waals surface area contributed by atoms with E-state index in [9.17, 15) is 0 Å². The van der Waals surface area contributed by atoms with E-state index in [-0.39, 0.29) is 21.1 Å². The first-order valence-corrected chi connectivity index (χ1v) is 19.8. The van der Waals surface area contributed by atoms with Crippen LogP contribution in [-0.2, 0) is 34.2 Å². The van der Waals surface area contributed by atoms with Crippen LogP contribution in [0, 0.1) is 53.7 Å². The number of aryl methyl sites for hydroxylation is 6. The van der Waals surface area contributed by atoms with Crippen molar-refractivity contribution in [2.75, 3.05) is 23.9 Å². The van der Waals surface area contributed by atoms with Crippen molar-refractivity contribution in [3.63, 3.8) is 0 Å². The van der Waals surface area contributed by atoms with Gasteiger partial charge in [0.1, 0.15) is 0 Å². The van der Waals surface area contributed by atoms with Crippen LogP contribution in [-0.4, -0.2) is 14.1 Å². The van der Waals surface area contributed by atoms with E-state index in [1.165, 1.54) is 99.7 Å². The van der Waals surface area contributed by atoms with E-state index in [0.29, 0.717) is 13.1 Å². The van der Waals surface area contributed by atoms with Gasteiger partial charge in [0.15, 0.2) is 0 Å². The van der Waals surface area contributed by atoms with Crippen molar-refractivity contribution in [1.82, 2.24) is 0 Å². The summed E-state index contributed by atoms with van der Waals surface area (Å²) in [5.74, 6) is 0. The van der Waals surface area contributed by atoms with E-state index in [4.69, 9.17) is 0 Å². The van der Waals surface area contributed by atoms with Gasteiger partial charge in [-0.3, -0.25) is 0 Å². The van der Waals surface area contributed by atoms with Crippen molar-refractivity contribution < 1.29 is 21.1 Å². The van der Waals surface area contributed by atoms with Crippen LogP contribution in [0.5, 0.6) is 0 Å². The zero-order chi connectivity index (χ0) is 38.8. The minimum Gasteiger partial charge on any atom is -0.379 e. The minimum absolute atomic E-state index is 0. The molecule has 0 saturated heterocycles. The molecule has 8 aromatic rings. The molecule has 0 fully saturated rings. The molecule has 0 unspecified atom stereocenters. The van der Waals surface area contributed by atoms with E-state index < -0.39 is 0 Å². The molecule has 0 aromatic heterocycles. The first-order valence-electron chi connectivity index (χ1n) is 19.8. The van der Waals surface area contributed by atoms with Gasteiger partial charge < -0.3 is 9.80 Å². The Hall–Kier alpha value is -5.43. The molecule has 0 N–H and O–H groups in total. The zero-order valence-electron chi connectivity index (χ0n) is 34.2. The molecule has 1 aliphatic heterocycles. The fourth-order valence-corrected chi connectivity index (χ4v) is 9.66. The smallest absolute Gasteiger partial charge is 0.379 e. The topological polar surface area (TPSA) is 6.48 Å². The van der Waals surface area contributed by atoms with Crippen molar-refractivity contribution in [1.29, 1.82) is 0 Å². The van der Waals surface area contributed by atoms with Gasteiger partial charge in [-0.15, -0.1) is 58.7 Å². The molecule has 1 heterocycles. The average molecular weight is 920 g/mol. The predicted molar refractivity (Wildman–Crippen MR) is 240 cm³/mol. The second kappa shape index (κ2) is 15.1. The fraction of sp³-hybridized carbons (Fsp3) is 0.185. The van der Waals surface area contributed by atoms with Crippen molar-refractivity contribution in [2.45, 2.75) is 54.6 Å². The van der Waals surface area contributed by atoms with E-state index in [2.05, 4.69) is 199 Å². The molecule has 0 atom stereocenters. The molecule has 57 heavy (non-hydrogen) atoms. The third-order valence-electron chi connectivity index (χ3n) is 11.8. The Morgan fingerprint density at radius 3 is 1.18 bits per heavy atom. The maximum Gasteiger partial charge on any atom is 4.00 e. The van der Waals surface area contributed by atoms with Gasteiger partial charge in [0, 0.05) is 38.6 Å². The molecule has 0 amide bonds. The zero-order valence-corrected chi connectivity index (χ0v) is 36.4. The van der Waals surface area contributed by atoms with Gasteiger partial charge in [0.25, 0.3) is 0 Å². The van der Waals surface area contributed by atoms with Crippen LogP contribution >= 0.6 is 0 Å². The standard InChI is InChI=1S/C54H48N2.Pt/c1-33-21-35(3)51(36(4)22-33)43-25-39-27-45(29-43)53-47-15-11-9-13-41(47)17-19-49(53)56(8)32-40-26-44(52-37(5)23-34(2)24-38(52)6)30-46(28-40)54-48-16-12-10-14-42(48)18-20-50(54)55(7)31-39;/h9-26,29-30H,31-32H2,1-8H3;/q-2;+4. The van der Waals surface area contributed by atoms with Gasteiger partial charge >= 0.3 is 21.1 Å². The molecule has 3 heteroatoms. The number of hydrogen-bond donors (Lipinski definition) is 0. The van der Waals surface area contributed by atoms with Crippen LogP contribution in [0.3, 0.4) is 0 Å². The molecule has 282 valence electrons. The van der Waals surface area contributed by atoms with Gasteiger partial charge in [0.2, 0.25) is 0 Å². The van der Waals surface area contributed by atoms with Crippen molar-refractivity contribution >= 4 is 32.9 Å². The normalized spacial score (nSPS) is 12.6. The molecule has 0 saturated carbocycles.